The van der Waals surface area contributed by atoms with Gasteiger partial charge >= 0.3 is 52.4 Å². The molecule has 0 unspecified atom stereocenters. The van der Waals surface area contributed by atoms with E-state index in [1.807, 2.05) is 0 Å². The van der Waals surface area contributed by atoms with Crippen LogP contribution < -0.4 is 0 Å². The van der Waals surface area contributed by atoms with E-state index in [0.717, 1.165) is 33.9 Å². The second kappa shape index (κ2) is 4.27. The fourth-order valence-electron chi connectivity index (χ4n) is 0.0962. The van der Waals surface area contributed by atoms with Crippen molar-refractivity contribution in [2.24, 2.45) is 0 Å². The van der Waals surface area contributed by atoms with Crippen LogP contribution >= 0.6 is 0 Å². The van der Waals surface area contributed by atoms with Gasteiger partial charge in [-0.1, -0.05) is 0 Å². The third-order valence-electron chi connectivity index (χ3n) is 0.664. The SMILES string of the molecule is C[Se]B(C)[Se]C. The van der Waals surface area contributed by atoms with E-state index in [1.165, 1.54) is 0 Å². The maximum absolute atomic E-state index is 2.33. The van der Waals surface area contributed by atoms with Gasteiger partial charge in [0.15, 0.2) is 0 Å². The van der Waals surface area contributed by atoms with Gasteiger partial charge < -0.3 is 0 Å². The van der Waals surface area contributed by atoms with Crippen LogP contribution in [-0.2, 0) is 0 Å². The Morgan fingerprint density at radius 1 is 1.17 bits per heavy atom. The molecule has 0 aliphatic rings. The molecule has 0 aromatic heterocycles. The van der Waals surface area contributed by atoms with Gasteiger partial charge in [-0.25, -0.2) is 0 Å². The first-order valence-corrected chi connectivity index (χ1v) is 7.27. The van der Waals surface area contributed by atoms with Gasteiger partial charge in [-0.3, -0.25) is 0 Å². The van der Waals surface area contributed by atoms with Gasteiger partial charge in [0.25, 0.3) is 0 Å². The van der Waals surface area contributed by atoms with Crippen LogP contribution in [0, 0.1) is 0 Å². The predicted molar refractivity (Wildman–Crippen MR) is 34.9 cm³/mol. The quantitative estimate of drug-likeness (QED) is 0.590. The van der Waals surface area contributed by atoms with Crippen LogP contribution in [0.1, 0.15) is 0 Å². The van der Waals surface area contributed by atoms with Crippen molar-refractivity contribution < 1.29 is 0 Å². The first kappa shape index (κ1) is 7.10. The fraction of sp³-hybridized carbons (Fsp3) is 1.00. The molecule has 6 heavy (non-hydrogen) atoms. The molecule has 0 bridgehead atoms. The maximum atomic E-state index is 2.33. The second-order valence-electron chi connectivity index (χ2n) is 1.04. The fourth-order valence-corrected chi connectivity index (χ4v) is 2.60. The molecule has 3 heteroatoms. The summed E-state index contributed by atoms with van der Waals surface area (Å²) >= 11 is 1.82. The van der Waals surface area contributed by atoms with E-state index in [4.69, 9.17) is 0 Å². The van der Waals surface area contributed by atoms with Gasteiger partial charge in [-0.15, -0.1) is 0 Å². The van der Waals surface area contributed by atoms with E-state index in [-0.39, 0.29) is 0 Å². The zero-order valence-electron chi connectivity index (χ0n) is 4.39. The molecule has 0 amide bonds. The van der Waals surface area contributed by atoms with Crippen LogP contribution in [0.4, 0.5) is 0 Å². The van der Waals surface area contributed by atoms with Gasteiger partial charge in [0.2, 0.25) is 0 Å². The molecule has 0 radical (unpaired) electrons. The molecule has 0 atom stereocenters. The molecule has 0 rings (SSSR count). The Balaban J connectivity index is 2.75. The third kappa shape index (κ3) is 3.30. The second-order valence-corrected chi connectivity index (χ2v) is 7.50. The Bertz CT molecular complexity index is 28.0. The van der Waals surface area contributed by atoms with Crippen molar-refractivity contribution in [3.8, 4) is 0 Å². The minimum atomic E-state index is 0.911. The molecule has 0 fully saturated rings. The van der Waals surface area contributed by atoms with E-state index in [1.54, 1.807) is 0 Å². The van der Waals surface area contributed by atoms with Gasteiger partial charge in [0.05, 0.1) is 0 Å². The van der Waals surface area contributed by atoms with Crippen LogP contribution in [0.15, 0.2) is 0 Å². The van der Waals surface area contributed by atoms with Crippen LogP contribution in [0.25, 0.3) is 0 Å². The van der Waals surface area contributed by atoms with E-state index < -0.39 is 0 Å². The summed E-state index contributed by atoms with van der Waals surface area (Å²) in [4.78, 5) is 0. The van der Waals surface area contributed by atoms with Gasteiger partial charge in [-0.05, 0) is 0 Å². The molecule has 0 aliphatic carbocycles. The Morgan fingerprint density at radius 3 is 1.50 bits per heavy atom. The molecule has 0 aromatic carbocycles. The zero-order chi connectivity index (χ0) is 4.99. The van der Waals surface area contributed by atoms with Crippen LogP contribution in [0.2, 0.25) is 18.5 Å². The average Bonchev–Trinajstić information content (AvgIpc) is 1.65. The number of hydrogen-bond donors (Lipinski definition) is 0. The molecule has 0 heterocycles. The predicted octanol–water partition coefficient (Wildman–Crippen LogP) is 0.609. The van der Waals surface area contributed by atoms with Gasteiger partial charge in [-0.2, -0.15) is 0 Å². The summed E-state index contributed by atoms with van der Waals surface area (Å²) in [7, 11) is 0. The summed E-state index contributed by atoms with van der Waals surface area (Å²) in [6.45, 7) is 2.33. The molecular weight excluding hydrogens is 205 g/mol. The van der Waals surface area contributed by atoms with Crippen molar-refractivity contribution in [3.63, 3.8) is 0 Å². The molecule has 0 N–H and O–H groups in total. The van der Waals surface area contributed by atoms with Crippen molar-refractivity contribution in [1.82, 2.24) is 0 Å². The van der Waals surface area contributed by atoms with Crippen LogP contribution in [0.3, 0.4) is 0 Å². The molecule has 0 nitrogen and oxygen atoms in total. The Morgan fingerprint density at radius 2 is 1.50 bits per heavy atom. The van der Waals surface area contributed by atoms with Crippen LogP contribution in [0.5, 0.6) is 0 Å². The van der Waals surface area contributed by atoms with E-state index in [9.17, 15) is 0 Å². The molecule has 0 saturated carbocycles. The van der Waals surface area contributed by atoms with E-state index in [2.05, 4.69) is 18.5 Å². The van der Waals surface area contributed by atoms with E-state index >= 15 is 0 Å². The molecular formula is C3H9BSe2. The monoisotopic (exact) mass is 216 g/mol. The standard InChI is InChI=1S/C3H9BSe2/c1-4(5-2)6-3/h1-3H3. The minimum absolute atomic E-state index is 0.911. The Labute approximate surface area is 52.5 Å². The molecule has 0 spiro atoms. The molecule has 0 saturated heterocycles. The van der Waals surface area contributed by atoms with Crippen LogP contribution in [-0.4, -0.2) is 33.9 Å². The van der Waals surface area contributed by atoms with Gasteiger partial charge in [0.1, 0.15) is 0 Å². The van der Waals surface area contributed by atoms with Gasteiger partial charge in [0, 0.05) is 0 Å². The normalized spacial score (nSPS) is 8.50. The molecule has 0 aliphatic heterocycles. The summed E-state index contributed by atoms with van der Waals surface area (Å²) in [5, 5.41) is 0. The number of rotatable bonds is 2. The molecule has 36 valence electrons. The topological polar surface area (TPSA) is 0 Å². The third-order valence-corrected chi connectivity index (χ3v) is 7.65. The summed E-state index contributed by atoms with van der Waals surface area (Å²) in [6, 6.07) is 0. The first-order chi connectivity index (χ1) is 2.81. The summed E-state index contributed by atoms with van der Waals surface area (Å²) in [6.07, 6.45) is 0. The zero-order valence-corrected chi connectivity index (χ0v) is 7.82. The van der Waals surface area contributed by atoms with E-state index in [0.29, 0.717) is 0 Å². The molecule has 0 aromatic rings. The Hall–Kier alpha value is 1.10. The summed E-state index contributed by atoms with van der Waals surface area (Å²) in [5.74, 6) is 4.62. The summed E-state index contributed by atoms with van der Waals surface area (Å²) < 4.78 is 1.06. The van der Waals surface area contributed by atoms with Crippen molar-refractivity contribution in [2.75, 3.05) is 0 Å². The summed E-state index contributed by atoms with van der Waals surface area (Å²) in [5.41, 5.74) is 0. The van der Waals surface area contributed by atoms with Crippen molar-refractivity contribution in [2.45, 2.75) is 18.5 Å². The first-order valence-electron chi connectivity index (χ1n) is 1.87. The van der Waals surface area contributed by atoms with Crippen molar-refractivity contribution in [3.05, 3.63) is 0 Å². The van der Waals surface area contributed by atoms with Crippen molar-refractivity contribution in [1.29, 1.82) is 0 Å². The average molecular weight is 214 g/mol. The van der Waals surface area contributed by atoms with Crippen molar-refractivity contribution >= 4 is 33.9 Å². The Kier molecular flexibility index (Phi) is 5.05. The number of hydrogen-bond acceptors (Lipinski definition) is 0.